The van der Waals surface area contributed by atoms with Crippen LogP contribution in [-0.2, 0) is 10.0 Å². The van der Waals surface area contributed by atoms with Gasteiger partial charge in [0.2, 0.25) is 10.0 Å². The van der Waals surface area contributed by atoms with Crippen LogP contribution < -0.4 is 0 Å². The third kappa shape index (κ3) is 3.30. The summed E-state index contributed by atoms with van der Waals surface area (Å²) in [5, 5.41) is 0. The molecule has 0 saturated carbocycles. The van der Waals surface area contributed by atoms with E-state index in [9.17, 15) is 8.42 Å². The average Bonchev–Trinajstić information content (AvgIpc) is 2.17. The fourth-order valence-electron chi connectivity index (χ4n) is 1.34. The molecule has 1 aromatic carbocycles. The number of hydrogen-bond donors (Lipinski definition) is 0. The lowest BCUT2D eigenvalue weighted by Crippen LogP contribution is -2.31. The Hall–Kier alpha value is -0.390. The van der Waals surface area contributed by atoms with Gasteiger partial charge >= 0.3 is 0 Å². The van der Waals surface area contributed by atoms with E-state index in [1.807, 2.05) is 13.8 Å². The summed E-state index contributed by atoms with van der Waals surface area (Å²) in [4.78, 5) is 0.478. The molecule has 0 fully saturated rings. The van der Waals surface area contributed by atoms with Crippen LogP contribution in [0.1, 0.15) is 12.5 Å². The lowest BCUT2D eigenvalue weighted by atomic mass is 10.2. The topological polar surface area (TPSA) is 37.4 Å². The van der Waals surface area contributed by atoms with Crippen LogP contribution in [-0.4, -0.2) is 31.1 Å². The predicted octanol–water partition coefficient (Wildman–Crippen LogP) is 2.40. The van der Waals surface area contributed by atoms with Crippen molar-refractivity contribution in [3.63, 3.8) is 0 Å². The minimum absolute atomic E-state index is 0.137. The van der Waals surface area contributed by atoms with E-state index < -0.39 is 10.0 Å². The molecule has 5 heteroatoms. The Kier molecular flexibility index (Phi) is 4.52. The van der Waals surface area contributed by atoms with Gasteiger partial charge in [-0.05, 0) is 19.1 Å². The van der Waals surface area contributed by atoms with E-state index in [-0.39, 0.29) is 4.83 Å². The summed E-state index contributed by atoms with van der Waals surface area (Å²) in [7, 11) is -1.76. The number of benzene rings is 1. The summed E-state index contributed by atoms with van der Waals surface area (Å²) in [6.45, 7) is 4.30. The molecule has 0 radical (unpaired) electrons. The second kappa shape index (κ2) is 5.29. The van der Waals surface area contributed by atoms with Gasteiger partial charge < -0.3 is 0 Å². The van der Waals surface area contributed by atoms with Crippen LogP contribution in [0.25, 0.3) is 0 Å². The highest BCUT2D eigenvalue weighted by Gasteiger charge is 2.21. The highest BCUT2D eigenvalue weighted by Crippen LogP contribution is 2.16. The van der Waals surface area contributed by atoms with Gasteiger partial charge in [-0.15, -0.1) is 0 Å². The van der Waals surface area contributed by atoms with E-state index in [0.29, 0.717) is 11.4 Å². The van der Waals surface area contributed by atoms with Crippen LogP contribution in [0.3, 0.4) is 0 Å². The summed E-state index contributed by atoms with van der Waals surface area (Å²) < 4.78 is 25.5. The molecule has 1 rings (SSSR count). The van der Waals surface area contributed by atoms with Crippen LogP contribution in [0, 0.1) is 6.92 Å². The van der Waals surface area contributed by atoms with Crippen molar-refractivity contribution in [1.29, 1.82) is 0 Å². The molecule has 0 heterocycles. The molecular formula is C11H16BrNO2S. The van der Waals surface area contributed by atoms with Crippen molar-refractivity contribution >= 4 is 26.0 Å². The quantitative estimate of drug-likeness (QED) is 0.801. The summed E-state index contributed by atoms with van der Waals surface area (Å²) in [6, 6.07) is 6.89. The first kappa shape index (κ1) is 13.7. The Bertz CT molecular complexity index is 440. The summed E-state index contributed by atoms with van der Waals surface area (Å²) in [5.74, 6) is 0. The molecule has 0 aromatic heterocycles. The van der Waals surface area contributed by atoms with Gasteiger partial charge in [0.05, 0.1) is 4.90 Å². The number of hydrogen-bond acceptors (Lipinski definition) is 2. The number of alkyl halides is 1. The SMILES string of the molecule is Cc1ccc(S(=O)(=O)N(C)CC(C)Br)cc1. The van der Waals surface area contributed by atoms with Gasteiger partial charge in [0, 0.05) is 18.4 Å². The zero-order chi connectivity index (χ0) is 12.3. The molecule has 0 saturated heterocycles. The zero-order valence-electron chi connectivity index (χ0n) is 9.64. The molecule has 90 valence electrons. The summed E-state index contributed by atoms with van der Waals surface area (Å²) >= 11 is 3.35. The predicted molar refractivity (Wildman–Crippen MR) is 69.4 cm³/mol. The largest absolute Gasteiger partial charge is 0.242 e. The molecule has 0 N–H and O–H groups in total. The van der Waals surface area contributed by atoms with E-state index >= 15 is 0 Å². The Labute approximate surface area is 106 Å². The van der Waals surface area contributed by atoms with Crippen molar-refractivity contribution in [3.8, 4) is 0 Å². The molecule has 1 aromatic rings. The lowest BCUT2D eigenvalue weighted by Gasteiger charge is -2.18. The Morgan fingerprint density at radius 1 is 1.31 bits per heavy atom. The maximum absolute atomic E-state index is 12.1. The van der Waals surface area contributed by atoms with Crippen LogP contribution >= 0.6 is 15.9 Å². The maximum atomic E-state index is 12.1. The van der Waals surface area contributed by atoms with Gasteiger partial charge in [-0.3, -0.25) is 0 Å². The number of rotatable bonds is 4. The van der Waals surface area contributed by atoms with E-state index in [4.69, 9.17) is 0 Å². The molecule has 1 atom stereocenters. The molecule has 3 nitrogen and oxygen atoms in total. The summed E-state index contributed by atoms with van der Waals surface area (Å²) in [5.41, 5.74) is 1.05. The van der Waals surface area contributed by atoms with Crippen LogP contribution in [0.15, 0.2) is 29.2 Å². The van der Waals surface area contributed by atoms with Crippen molar-refractivity contribution in [2.75, 3.05) is 13.6 Å². The molecule has 0 spiro atoms. The highest BCUT2D eigenvalue weighted by atomic mass is 79.9. The average molecular weight is 306 g/mol. The monoisotopic (exact) mass is 305 g/mol. The Morgan fingerprint density at radius 2 is 1.81 bits per heavy atom. The van der Waals surface area contributed by atoms with Gasteiger partial charge in [-0.2, -0.15) is 4.31 Å². The fraction of sp³-hybridized carbons (Fsp3) is 0.455. The molecule has 0 aliphatic rings. The van der Waals surface area contributed by atoms with Gasteiger partial charge in [0.15, 0.2) is 0 Å². The van der Waals surface area contributed by atoms with Gasteiger partial charge in [0.25, 0.3) is 0 Å². The number of halogens is 1. The second-order valence-electron chi connectivity index (χ2n) is 3.88. The molecular weight excluding hydrogens is 290 g/mol. The molecule has 1 unspecified atom stereocenters. The van der Waals surface area contributed by atoms with Gasteiger partial charge in [-0.25, -0.2) is 8.42 Å². The molecule has 0 bridgehead atoms. The van der Waals surface area contributed by atoms with Crippen molar-refractivity contribution < 1.29 is 8.42 Å². The van der Waals surface area contributed by atoms with E-state index in [1.54, 1.807) is 31.3 Å². The maximum Gasteiger partial charge on any atom is 0.242 e. The van der Waals surface area contributed by atoms with E-state index in [0.717, 1.165) is 5.56 Å². The first-order valence-electron chi connectivity index (χ1n) is 5.01. The van der Waals surface area contributed by atoms with Gasteiger partial charge in [-0.1, -0.05) is 40.5 Å². The highest BCUT2D eigenvalue weighted by molar-refractivity contribution is 9.09. The number of aryl methyl sites for hydroxylation is 1. The van der Waals surface area contributed by atoms with E-state index in [2.05, 4.69) is 15.9 Å². The Balaban J connectivity index is 2.97. The van der Waals surface area contributed by atoms with Gasteiger partial charge in [0.1, 0.15) is 0 Å². The zero-order valence-corrected chi connectivity index (χ0v) is 12.0. The number of nitrogens with zero attached hydrogens (tertiary/aromatic N) is 1. The Morgan fingerprint density at radius 3 is 2.25 bits per heavy atom. The second-order valence-corrected chi connectivity index (χ2v) is 7.49. The fourth-order valence-corrected chi connectivity index (χ4v) is 3.23. The smallest absolute Gasteiger partial charge is 0.207 e. The standard InChI is InChI=1S/C11H16BrNO2S/c1-9-4-6-11(7-5-9)16(14,15)13(3)8-10(2)12/h4-7,10H,8H2,1-3H3. The third-order valence-electron chi connectivity index (χ3n) is 2.24. The van der Waals surface area contributed by atoms with Crippen LogP contribution in [0.5, 0.6) is 0 Å². The normalized spacial score (nSPS) is 14.1. The van der Waals surface area contributed by atoms with E-state index in [1.165, 1.54) is 4.31 Å². The van der Waals surface area contributed by atoms with Crippen molar-refractivity contribution in [2.24, 2.45) is 0 Å². The van der Waals surface area contributed by atoms with Crippen molar-refractivity contribution in [1.82, 2.24) is 4.31 Å². The molecule has 0 aliphatic heterocycles. The van der Waals surface area contributed by atoms with Crippen molar-refractivity contribution in [3.05, 3.63) is 29.8 Å². The van der Waals surface area contributed by atoms with Crippen molar-refractivity contribution in [2.45, 2.75) is 23.6 Å². The number of sulfonamides is 1. The molecule has 16 heavy (non-hydrogen) atoms. The first-order chi connectivity index (χ1) is 7.34. The minimum Gasteiger partial charge on any atom is -0.207 e. The lowest BCUT2D eigenvalue weighted by molar-refractivity contribution is 0.473. The minimum atomic E-state index is -3.35. The third-order valence-corrected chi connectivity index (χ3v) is 4.37. The first-order valence-corrected chi connectivity index (χ1v) is 7.36. The molecule has 0 amide bonds. The summed E-state index contributed by atoms with van der Waals surface area (Å²) in [6.07, 6.45) is 0. The van der Waals surface area contributed by atoms with Crippen LogP contribution in [0.4, 0.5) is 0 Å². The van der Waals surface area contributed by atoms with Crippen LogP contribution in [0.2, 0.25) is 0 Å². The molecule has 0 aliphatic carbocycles.